The minimum Gasteiger partial charge on any atom is -0.303 e. The van der Waals surface area contributed by atoms with Crippen molar-refractivity contribution in [1.29, 1.82) is 0 Å². The highest BCUT2D eigenvalue weighted by Gasteiger charge is 2.38. The number of thioether (sulfide) groups is 1. The second-order valence-electron chi connectivity index (χ2n) is 4.69. The average molecular weight is 256 g/mol. The molecule has 0 bridgehead atoms. The number of amides is 2. The summed E-state index contributed by atoms with van der Waals surface area (Å²) < 4.78 is 0. The van der Waals surface area contributed by atoms with Crippen LogP contribution in [0.1, 0.15) is 32.6 Å². The molecular formula is C12H20N2O2S. The van der Waals surface area contributed by atoms with E-state index in [1.165, 1.54) is 4.90 Å². The Hall–Kier alpha value is -0.550. The molecule has 1 N–H and O–H groups in total. The molecule has 0 spiro atoms. The first-order chi connectivity index (χ1) is 8.22. The van der Waals surface area contributed by atoms with Gasteiger partial charge in [0.2, 0.25) is 11.8 Å². The molecule has 2 saturated heterocycles. The fraction of sp³-hybridized carbons (Fsp3) is 0.833. The molecule has 0 aromatic rings. The van der Waals surface area contributed by atoms with Crippen molar-refractivity contribution >= 4 is 23.6 Å². The van der Waals surface area contributed by atoms with Gasteiger partial charge in [0.25, 0.3) is 0 Å². The molecule has 1 unspecified atom stereocenters. The predicted octanol–water partition coefficient (Wildman–Crippen LogP) is 1.01. The third-order valence-corrected chi connectivity index (χ3v) is 4.40. The third kappa shape index (κ3) is 3.01. The summed E-state index contributed by atoms with van der Waals surface area (Å²) in [6.07, 6.45) is 3.40. The number of likely N-dealkylation sites (tertiary alicyclic amines) is 1. The summed E-state index contributed by atoms with van der Waals surface area (Å²) in [6.45, 7) is 2.55. The highest BCUT2D eigenvalue weighted by Crippen LogP contribution is 2.20. The highest BCUT2D eigenvalue weighted by molar-refractivity contribution is 7.99. The normalized spacial score (nSPS) is 26.9. The molecule has 2 aliphatic heterocycles. The van der Waals surface area contributed by atoms with E-state index in [-0.39, 0.29) is 17.9 Å². The van der Waals surface area contributed by atoms with Gasteiger partial charge in [0.15, 0.2) is 0 Å². The van der Waals surface area contributed by atoms with E-state index in [9.17, 15) is 9.59 Å². The monoisotopic (exact) mass is 256 g/mol. The molecule has 0 aliphatic carbocycles. The molecule has 5 heteroatoms. The Balaban J connectivity index is 1.89. The molecule has 0 aromatic carbocycles. The Kier molecular flexibility index (Phi) is 4.45. The summed E-state index contributed by atoms with van der Waals surface area (Å²) in [5.41, 5.74) is 0. The van der Waals surface area contributed by atoms with Crippen LogP contribution < -0.4 is 5.32 Å². The van der Waals surface area contributed by atoms with Crippen molar-refractivity contribution in [3.63, 3.8) is 0 Å². The Morgan fingerprint density at radius 2 is 2.06 bits per heavy atom. The van der Waals surface area contributed by atoms with E-state index in [1.807, 2.05) is 18.7 Å². The lowest BCUT2D eigenvalue weighted by atomic mass is 10.1. The maximum atomic E-state index is 12.0. The molecule has 2 heterocycles. The number of rotatable bonds is 4. The van der Waals surface area contributed by atoms with Crippen molar-refractivity contribution in [2.24, 2.45) is 0 Å². The van der Waals surface area contributed by atoms with Crippen LogP contribution in [0.5, 0.6) is 0 Å². The van der Waals surface area contributed by atoms with Crippen LogP contribution in [0.3, 0.4) is 0 Å². The Morgan fingerprint density at radius 1 is 1.35 bits per heavy atom. The van der Waals surface area contributed by atoms with E-state index in [1.54, 1.807) is 0 Å². The molecule has 0 saturated carbocycles. The molecule has 4 nitrogen and oxygen atoms in total. The summed E-state index contributed by atoms with van der Waals surface area (Å²) in [4.78, 5) is 25.1. The first-order valence-electron chi connectivity index (χ1n) is 6.40. The van der Waals surface area contributed by atoms with E-state index < -0.39 is 0 Å². The van der Waals surface area contributed by atoms with Crippen LogP contribution in [0.4, 0.5) is 0 Å². The zero-order valence-corrected chi connectivity index (χ0v) is 11.1. The van der Waals surface area contributed by atoms with Crippen LogP contribution in [0.25, 0.3) is 0 Å². The minimum atomic E-state index is -0.262. The van der Waals surface area contributed by atoms with Crippen LogP contribution in [-0.2, 0) is 9.59 Å². The molecule has 17 heavy (non-hydrogen) atoms. The van der Waals surface area contributed by atoms with Gasteiger partial charge >= 0.3 is 0 Å². The maximum absolute atomic E-state index is 12.0. The zero-order valence-electron chi connectivity index (χ0n) is 10.3. The molecule has 1 atom stereocenters. The van der Waals surface area contributed by atoms with Crippen LogP contribution in [0.2, 0.25) is 0 Å². The fourth-order valence-electron chi connectivity index (χ4n) is 2.42. The maximum Gasteiger partial charge on any atom is 0.246 e. The van der Waals surface area contributed by atoms with Crippen molar-refractivity contribution < 1.29 is 9.59 Å². The summed E-state index contributed by atoms with van der Waals surface area (Å²) in [6, 6.07) is 0.154. The number of nitrogens with zero attached hydrogens (tertiary/aromatic N) is 1. The van der Waals surface area contributed by atoms with Crippen LogP contribution >= 0.6 is 11.8 Å². The first kappa shape index (κ1) is 12.9. The number of carbonyl (C=O) groups excluding carboxylic acids is 2. The third-order valence-electron chi connectivity index (χ3n) is 3.35. The largest absolute Gasteiger partial charge is 0.303 e. The topological polar surface area (TPSA) is 49.4 Å². The molecule has 2 rings (SSSR count). The summed E-state index contributed by atoms with van der Waals surface area (Å²) in [7, 11) is 0. The summed E-state index contributed by atoms with van der Waals surface area (Å²) >= 11 is 1.96. The number of nitrogens with one attached hydrogen (secondary N) is 1. The number of carbonyl (C=O) groups is 2. The van der Waals surface area contributed by atoms with Crippen molar-refractivity contribution in [3.05, 3.63) is 0 Å². The lowest BCUT2D eigenvalue weighted by molar-refractivity contribution is -0.138. The molecule has 0 aromatic heterocycles. The standard InChI is InChI=1S/C12H20N2O2S/c1-2-5-14-11(15)8-10(12(14)16)13-9-3-6-17-7-4-9/h9-10,13H,2-8H2,1H3. The SMILES string of the molecule is CCCN1C(=O)CC(NC2CCSCC2)C1=O. The quantitative estimate of drug-likeness (QED) is 0.763. The summed E-state index contributed by atoms with van der Waals surface area (Å²) in [5.74, 6) is 2.28. The van der Waals surface area contributed by atoms with Gasteiger partial charge in [0.1, 0.15) is 0 Å². The van der Waals surface area contributed by atoms with Gasteiger partial charge in [-0.05, 0) is 30.8 Å². The minimum absolute atomic E-state index is 0.0143. The predicted molar refractivity (Wildman–Crippen MR) is 68.9 cm³/mol. The first-order valence-corrected chi connectivity index (χ1v) is 7.56. The van der Waals surface area contributed by atoms with Gasteiger partial charge in [-0.15, -0.1) is 0 Å². The molecule has 2 amide bonds. The smallest absolute Gasteiger partial charge is 0.246 e. The van der Waals surface area contributed by atoms with Crippen LogP contribution in [0.15, 0.2) is 0 Å². The second kappa shape index (κ2) is 5.87. The molecule has 2 fully saturated rings. The van der Waals surface area contributed by atoms with Gasteiger partial charge in [0.05, 0.1) is 12.5 Å². The Labute approximate surface area is 106 Å². The van der Waals surface area contributed by atoms with Gasteiger partial charge < -0.3 is 5.32 Å². The van der Waals surface area contributed by atoms with Gasteiger partial charge in [-0.25, -0.2) is 0 Å². The molecule has 2 aliphatic rings. The van der Waals surface area contributed by atoms with Gasteiger partial charge in [-0.3, -0.25) is 14.5 Å². The lowest BCUT2D eigenvalue weighted by Crippen LogP contribution is -2.45. The molecule has 96 valence electrons. The van der Waals surface area contributed by atoms with E-state index in [2.05, 4.69) is 5.32 Å². The van der Waals surface area contributed by atoms with Crippen molar-refractivity contribution in [1.82, 2.24) is 10.2 Å². The van der Waals surface area contributed by atoms with E-state index >= 15 is 0 Å². The van der Waals surface area contributed by atoms with Crippen molar-refractivity contribution in [2.75, 3.05) is 18.1 Å². The highest BCUT2D eigenvalue weighted by atomic mass is 32.2. The van der Waals surface area contributed by atoms with Gasteiger partial charge in [-0.1, -0.05) is 6.92 Å². The van der Waals surface area contributed by atoms with Crippen LogP contribution in [-0.4, -0.2) is 46.8 Å². The molecular weight excluding hydrogens is 236 g/mol. The Morgan fingerprint density at radius 3 is 2.71 bits per heavy atom. The van der Waals surface area contributed by atoms with E-state index in [0.29, 0.717) is 19.0 Å². The molecule has 0 radical (unpaired) electrons. The summed E-state index contributed by atoms with van der Waals surface area (Å²) in [5, 5.41) is 3.36. The fourth-order valence-corrected chi connectivity index (χ4v) is 3.53. The van der Waals surface area contributed by atoms with Gasteiger partial charge in [0, 0.05) is 12.6 Å². The van der Waals surface area contributed by atoms with Gasteiger partial charge in [-0.2, -0.15) is 11.8 Å². The van der Waals surface area contributed by atoms with Crippen molar-refractivity contribution in [3.8, 4) is 0 Å². The number of imide groups is 1. The average Bonchev–Trinajstić information content (AvgIpc) is 2.59. The Bertz CT molecular complexity index is 303. The number of hydrogen-bond donors (Lipinski definition) is 1. The van der Waals surface area contributed by atoms with E-state index in [0.717, 1.165) is 30.8 Å². The van der Waals surface area contributed by atoms with Crippen LogP contribution in [0, 0.1) is 0 Å². The number of hydrogen-bond acceptors (Lipinski definition) is 4. The lowest BCUT2D eigenvalue weighted by Gasteiger charge is -2.25. The van der Waals surface area contributed by atoms with E-state index in [4.69, 9.17) is 0 Å². The van der Waals surface area contributed by atoms with Crippen molar-refractivity contribution in [2.45, 2.75) is 44.7 Å². The second-order valence-corrected chi connectivity index (χ2v) is 5.92. The zero-order chi connectivity index (χ0) is 12.3.